The molecule has 4 aromatic rings. The second kappa shape index (κ2) is 9.15. The van der Waals surface area contributed by atoms with E-state index in [4.69, 9.17) is 9.15 Å². The predicted molar refractivity (Wildman–Crippen MR) is 134 cm³/mol. The lowest BCUT2D eigenvalue weighted by Gasteiger charge is -2.21. The first-order valence-corrected chi connectivity index (χ1v) is 10.9. The van der Waals surface area contributed by atoms with Crippen LogP contribution in [0.15, 0.2) is 107 Å². The summed E-state index contributed by atoms with van der Waals surface area (Å²) < 4.78 is 11.3. The van der Waals surface area contributed by atoms with E-state index in [2.05, 4.69) is 0 Å². The van der Waals surface area contributed by atoms with Gasteiger partial charge in [-0.15, -0.1) is 0 Å². The molecule has 35 heavy (non-hydrogen) atoms. The fraction of sp³-hybridized carbons (Fsp3) is 0.0357. The molecule has 3 aromatic carbocycles. The number of nitro groups is 1. The number of non-ortho nitro benzene ring substituents is 1. The van der Waals surface area contributed by atoms with Crippen LogP contribution in [0.4, 0.5) is 11.4 Å². The molecule has 0 spiro atoms. The number of ether oxygens (including phenoxy) is 1. The molecule has 1 amide bonds. The Morgan fingerprint density at radius 1 is 0.914 bits per heavy atom. The van der Waals surface area contributed by atoms with E-state index in [1.165, 1.54) is 12.1 Å². The highest BCUT2D eigenvalue weighted by Gasteiger charge is 2.31. The van der Waals surface area contributed by atoms with Crippen LogP contribution in [-0.4, -0.2) is 17.9 Å². The van der Waals surface area contributed by atoms with Gasteiger partial charge in [0.15, 0.2) is 0 Å². The number of methoxy groups -OCH3 is 1. The second-order valence-electron chi connectivity index (χ2n) is 7.84. The summed E-state index contributed by atoms with van der Waals surface area (Å²) in [6.45, 7) is 0. The fourth-order valence-electron chi connectivity index (χ4n) is 3.93. The van der Waals surface area contributed by atoms with Crippen molar-refractivity contribution in [2.45, 2.75) is 0 Å². The van der Waals surface area contributed by atoms with Gasteiger partial charge >= 0.3 is 0 Å². The highest BCUT2D eigenvalue weighted by molar-refractivity contribution is 6.23. The SMILES string of the molecule is COc1cccc(N2C(=O)C(=Cc3ccc(-c4ccc([N+](=O)[O-])cc4)o3)C=C2c2ccccc2)c1. The molecular weight excluding hydrogens is 444 g/mol. The number of hydrogen-bond donors (Lipinski definition) is 0. The van der Waals surface area contributed by atoms with E-state index in [1.807, 2.05) is 60.7 Å². The van der Waals surface area contributed by atoms with Crippen LogP contribution < -0.4 is 9.64 Å². The Morgan fingerprint density at radius 3 is 2.40 bits per heavy atom. The van der Waals surface area contributed by atoms with Crippen LogP contribution in [-0.2, 0) is 4.79 Å². The molecule has 1 aromatic heterocycles. The quantitative estimate of drug-likeness (QED) is 0.189. The van der Waals surface area contributed by atoms with Gasteiger partial charge < -0.3 is 9.15 Å². The highest BCUT2D eigenvalue weighted by Crippen LogP contribution is 2.37. The Balaban J connectivity index is 1.51. The molecule has 0 bridgehead atoms. The monoisotopic (exact) mass is 464 g/mol. The smallest absolute Gasteiger partial charge is 0.269 e. The minimum Gasteiger partial charge on any atom is -0.497 e. The van der Waals surface area contributed by atoms with Crippen LogP contribution in [0.1, 0.15) is 11.3 Å². The number of benzene rings is 3. The number of rotatable bonds is 6. The lowest BCUT2D eigenvalue weighted by molar-refractivity contribution is -0.384. The topological polar surface area (TPSA) is 85.8 Å². The fourth-order valence-corrected chi connectivity index (χ4v) is 3.93. The molecule has 0 unspecified atom stereocenters. The third kappa shape index (κ3) is 4.35. The van der Waals surface area contributed by atoms with Crippen LogP contribution in [0.25, 0.3) is 23.1 Å². The number of nitrogens with zero attached hydrogens (tertiary/aromatic N) is 2. The average molecular weight is 464 g/mol. The van der Waals surface area contributed by atoms with Crippen molar-refractivity contribution in [1.29, 1.82) is 0 Å². The van der Waals surface area contributed by atoms with Gasteiger partial charge in [-0.3, -0.25) is 19.8 Å². The Bertz CT molecular complexity index is 1470. The van der Waals surface area contributed by atoms with Crippen molar-refractivity contribution in [1.82, 2.24) is 0 Å². The average Bonchev–Trinajstić information content (AvgIpc) is 3.49. The summed E-state index contributed by atoms with van der Waals surface area (Å²) in [4.78, 5) is 25.6. The van der Waals surface area contributed by atoms with Crippen molar-refractivity contribution in [2.24, 2.45) is 0 Å². The van der Waals surface area contributed by atoms with Gasteiger partial charge in [-0.1, -0.05) is 36.4 Å². The van der Waals surface area contributed by atoms with Crippen molar-refractivity contribution < 1.29 is 18.9 Å². The zero-order valence-corrected chi connectivity index (χ0v) is 18.8. The molecule has 0 N–H and O–H groups in total. The second-order valence-corrected chi connectivity index (χ2v) is 7.84. The van der Waals surface area contributed by atoms with Gasteiger partial charge in [0.25, 0.3) is 11.6 Å². The van der Waals surface area contributed by atoms with Crippen molar-refractivity contribution in [3.8, 4) is 17.1 Å². The van der Waals surface area contributed by atoms with Gasteiger partial charge in [0.05, 0.1) is 23.4 Å². The first-order valence-electron chi connectivity index (χ1n) is 10.9. The molecule has 0 saturated heterocycles. The summed E-state index contributed by atoms with van der Waals surface area (Å²) in [6, 6.07) is 26.7. The summed E-state index contributed by atoms with van der Waals surface area (Å²) in [5, 5.41) is 10.9. The number of nitro benzene ring substituents is 1. The number of hydrogen-bond acceptors (Lipinski definition) is 5. The van der Waals surface area contributed by atoms with E-state index in [-0.39, 0.29) is 11.6 Å². The van der Waals surface area contributed by atoms with E-state index in [0.717, 1.165) is 11.3 Å². The molecule has 0 atom stereocenters. The molecule has 0 aliphatic carbocycles. The van der Waals surface area contributed by atoms with Crippen LogP contribution in [0, 0.1) is 10.1 Å². The third-order valence-corrected chi connectivity index (χ3v) is 5.65. The molecule has 0 radical (unpaired) electrons. The summed E-state index contributed by atoms with van der Waals surface area (Å²) in [7, 11) is 1.59. The van der Waals surface area contributed by atoms with Crippen molar-refractivity contribution in [3.63, 3.8) is 0 Å². The summed E-state index contributed by atoms with van der Waals surface area (Å²) in [5.74, 6) is 1.51. The molecule has 2 heterocycles. The van der Waals surface area contributed by atoms with E-state index in [1.54, 1.807) is 42.4 Å². The molecule has 0 fully saturated rings. The highest BCUT2D eigenvalue weighted by atomic mass is 16.6. The lowest BCUT2D eigenvalue weighted by atomic mass is 10.1. The van der Waals surface area contributed by atoms with Gasteiger partial charge in [0, 0.05) is 29.3 Å². The Hall–Kier alpha value is -4.91. The maximum absolute atomic E-state index is 13.5. The Morgan fingerprint density at radius 2 is 1.69 bits per heavy atom. The molecule has 172 valence electrons. The van der Waals surface area contributed by atoms with E-state index in [0.29, 0.717) is 34.1 Å². The third-order valence-electron chi connectivity index (χ3n) is 5.65. The predicted octanol–water partition coefficient (Wildman–Crippen LogP) is 6.33. The first-order chi connectivity index (χ1) is 17.0. The maximum Gasteiger partial charge on any atom is 0.269 e. The van der Waals surface area contributed by atoms with Gasteiger partial charge in [0.1, 0.15) is 17.3 Å². The van der Waals surface area contributed by atoms with Crippen molar-refractivity contribution in [2.75, 3.05) is 12.0 Å². The van der Waals surface area contributed by atoms with Crippen LogP contribution >= 0.6 is 0 Å². The largest absolute Gasteiger partial charge is 0.497 e. The van der Waals surface area contributed by atoms with Crippen molar-refractivity contribution >= 4 is 29.1 Å². The summed E-state index contributed by atoms with van der Waals surface area (Å²) in [6.07, 6.45) is 3.53. The zero-order chi connectivity index (χ0) is 24.4. The molecular formula is C28H20N2O5. The number of furan rings is 1. The number of carbonyl (C=O) groups is 1. The first kappa shape index (κ1) is 21.9. The van der Waals surface area contributed by atoms with Gasteiger partial charge in [-0.25, -0.2) is 0 Å². The minimum absolute atomic E-state index is 0.00964. The maximum atomic E-state index is 13.5. The number of carbonyl (C=O) groups excluding carboxylic acids is 1. The number of anilines is 1. The van der Waals surface area contributed by atoms with Crippen LogP contribution in [0.2, 0.25) is 0 Å². The standard InChI is InChI=1S/C28H20N2O5/c1-34-24-9-5-8-23(18-24)29-26(19-6-3-2-4-7-19)17-21(28(29)31)16-25-14-15-27(35-25)20-10-12-22(13-11-20)30(32)33/h2-18H,1H3. The zero-order valence-electron chi connectivity index (χ0n) is 18.8. The van der Waals surface area contributed by atoms with E-state index >= 15 is 0 Å². The normalized spacial score (nSPS) is 14.3. The summed E-state index contributed by atoms with van der Waals surface area (Å²) >= 11 is 0. The molecule has 1 aliphatic rings. The summed E-state index contributed by atoms with van der Waals surface area (Å²) in [5.41, 5.74) is 3.53. The molecule has 7 heteroatoms. The molecule has 1 aliphatic heterocycles. The Kier molecular flexibility index (Phi) is 5.73. The van der Waals surface area contributed by atoms with Gasteiger partial charge in [-0.2, -0.15) is 0 Å². The van der Waals surface area contributed by atoms with Crippen LogP contribution in [0.5, 0.6) is 5.75 Å². The minimum atomic E-state index is -0.446. The van der Waals surface area contributed by atoms with Gasteiger partial charge in [0.2, 0.25) is 0 Å². The number of amides is 1. The van der Waals surface area contributed by atoms with Crippen molar-refractivity contribution in [3.05, 3.63) is 124 Å². The van der Waals surface area contributed by atoms with E-state index in [9.17, 15) is 14.9 Å². The molecule has 7 nitrogen and oxygen atoms in total. The molecule has 5 rings (SSSR count). The van der Waals surface area contributed by atoms with Crippen LogP contribution in [0.3, 0.4) is 0 Å². The van der Waals surface area contributed by atoms with E-state index < -0.39 is 4.92 Å². The Labute approximate surface area is 201 Å². The lowest BCUT2D eigenvalue weighted by Crippen LogP contribution is -2.24. The van der Waals surface area contributed by atoms with Gasteiger partial charge in [-0.05, 0) is 54.1 Å². The molecule has 0 saturated carbocycles.